The van der Waals surface area contributed by atoms with E-state index >= 15 is 0 Å². The molecule has 10 heteroatoms. The maximum Gasteiger partial charge on any atom is 0.421 e. The largest absolute Gasteiger partial charge is 0.505 e. The van der Waals surface area contributed by atoms with E-state index in [-0.39, 0.29) is 26.3 Å². The van der Waals surface area contributed by atoms with Gasteiger partial charge in [0.15, 0.2) is 5.75 Å². The third kappa shape index (κ3) is 3.03. The van der Waals surface area contributed by atoms with E-state index < -0.39 is 39.0 Å². The third-order valence-electron chi connectivity index (χ3n) is 3.81. The summed E-state index contributed by atoms with van der Waals surface area (Å²) in [6, 6.07) is 1.73. The fourth-order valence-corrected chi connectivity index (χ4v) is 3.20. The number of alkyl halides is 3. The van der Waals surface area contributed by atoms with E-state index in [4.69, 9.17) is 27.9 Å². The van der Waals surface area contributed by atoms with Gasteiger partial charge >= 0.3 is 12.1 Å². The van der Waals surface area contributed by atoms with Gasteiger partial charge in [0.1, 0.15) is 0 Å². The Morgan fingerprint density at radius 3 is 2.17 bits per heavy atom. The Bertz CT molecular complexity index is 612. The zero-order chi connectivity index (χ0) is 18.1. The molecule has 0 saturated carbocycles. The number of nitrogens with zero attached hydrogens (tertiary/aromatic N) is 1. The van der Waals surface area contributed by atoms with Crippen molar-refractivity contribution in [3.05, 3.63) is 27.7 Å². The second kappa shape index (κ2) is 6.95. The Balaban J connectivity index is 2.76. The molecule has 0 spiro atoms. The van der Waals surface area contributed by atoms with Crippen LogP contribution in [0, 0.1) is 0 Å². The van der Waals surface area contributed by atoms with Gasteiger partial charge in [0.25, 0.3) is 0 Å². The molecular formula is C14H14Cl2F3NO4. The Labute approximate surface area is 145 Å². The van der Waals surface area contributed by atoms with E-state index in [0.717, 1.165) is 24.1 Å². The summed E-state index contributed by atoms with van der Waals surface area (Å²) in [7, 11) is 0.868. The van der Waals surface area contributed by atoms with Crippen molar-refractivity contribution in [3.8, 4) is 5.75 Å². The first-order chi connectivity index (χ1) is 11.2. The number of rotatable bonds is 3. The third-order valence-corrected chi connectivity index (χ3v) is 4.39. The number of phenols is 1. The molecule has 0 unspecified atom stereocenters. The zero-order valence-corrected chi connectivity index (χ0v) is 14.0. The zero-order valence-electron chi connectivity index (χ0n) is 12.5. The van der Waals surface area contributed by atoms with Crippen molar-refractivity contribution in [1.29, 1.82) is 0 Å². The van der Waals surface area contributed by atoms with Gasteiger partial charge in [0.2, 0.25) is 5.54 Å². The molecule has 1 saturated heterocycles. The Morgan fingerprint density at radius 2 is 1.75 bits per heavy atom. The molecule has 1 aliphatic rings. The molecule has 0 amide bonds. The first-order valence-electron chi connectivity index (χ1n) is 6.82. The van der Waals surface area contributed by atoms with Gasteiger partial charge in [0, 0.05) is 13.1 Å². The number of methoxy groups -OCH3 is 1. The second-order valence-electron chi connectivity index (χ2n) is 5.09. The van der Waals surface area contributed by atoms with Crippen LogP contribution in [0.3, 0.4) is 0 Å². The lowest BCUT2D eigenvalue weighted by Crippen LogP contribution is -2.64. The molecule has 5 nitrogen and oxygen atoms in total. The highest BCUT2D eigenvalue weighted by Gasteiger charge is 2.66. The van der Waals surface area contributed by atoms with Gasteiger partial charge in [-0.15, -0.1) is 0 Å². The van der Waals surface area contributed by atoms with Crippen molar-refractivity contribution < 1.29 is 32.5 Å². The van der Waals surface area contributed by atoms with Gasteiger partial charge in [0.05, 0.1) is 30.4 Å². The van der Waals surface area contributed by atoms with Crippen molar-refractivity contribution in [2.45, 2.75) is 11.7 Å². The molecule has 0 radical (unpaired) electrons. The molecule has 2 rings (SSSR count). The number of ether oxygens (including phenoxy) is 2. The summed E-state index contributed by atoms with van der Waals surface area (Å²) in [4.78, 5) is 13.2. The SMILES string of the molecule is COC(=O)[C@](c1cc(Cl)c(O)c(Cl)c1)(N1CCOCC1)C(F)(F)F. The van der Waals surface area contributed by atoms with Crippen molar-refractivity contribution in [1.82, 2.24) is 4.90 Å². The maximum absolute atomic E-state index is 14.1. The van der Waals surface area contributed by atoms with Crippen molar-refractivity contribution in [3.63, 3.8) is 0 Å². The van der Waals surface area contributed by atoms with Crippen LogP contribution >= 0.6 is 23.2 Å². The molecule has 1 atom stereocenters. The van der Waals surface area contributed by atoms with Crippen LogP contribution in [0.4, 0.5) is 13.2 Å². The predicted molar refractivity (Wildman–Crippen MR) is 80.3 cm³/mol. The number of esters is 1. The molecule has 134 valence electrons. The van der Waals surface area contributed by atoms with E-state index in [1.807, 2.05) is 0 Å². The normalized spacial score (nSPS) is 18.9. The van der Waals surface area contributed by atoms with Crippen molar-refractivity contribution in [2.24, 2.45) is 0 Å². The smallest absolute Gasteiger partial charge is 0.421 e. The average Bonchev–Trinajstić information content (AvgIpc) is 2.52. The number of carbonyl (C=O) groups is 1. The fourth-order valence-electron chi connectivity index (χ4n) is 2.71. The molecule has 1 aromatic rings. The minimum absolute atomic E-state index is 0.0222. The number of halogens is 5. The van der Waals surface area contributed by atoms with Crippen LogP contribution in [0.2, 0.25) is 10.0 Å². The van der Waals surface area contributed by atoms with E-state index in [1.165, 1.54) is 0 Å². The molecular weight excluding hydrogens is 374 g/mol. The molecule has 1 aliphatic heterocycles. The summed E-state index contributed by atoms with van der Waals surface area (Å²) in [5.41, 5.74) is -3.64. The highest BCUT2D eigenvalue weighted by molar-refractivity contribution is 6.37. The summed E-state index contributed by atoms with van der Waals surface area (Å²) in [5.74, 6) is -2.08. The number of hydrogen-bond acceptors (Lipinski definition) is 5. The molecule has 1 fully saturated rings. The molecule has 1 N–H and O–H groups in total. The molecule has 0 bridgehead atoms. The van der Waals surface area contributed by atoms with Crippen LogP contribution in [0.25, 0.3) is 0 Å². The lowest BCUT2D eigenvalue weighted by molar-refractivity contribution is -0.250. The Morgan fingerprint density at radius 1 is 1.25 bits per heavy atom. The molecule has 24 heavy (non-hydrogen) atoms. The van der Waals surface area contributed by atoms with E-state index in [9.17, 15) is 23.1 Å². The first kappa shape index (κ1) is 19.1. The van der Waals surface area contributed by atoms with Crippen LogP contribution in [-0.4, -0.2) is 55.6 Å². The number of phenolic OH excluding ortho intramolecular Hbond substituents is 1. The Hall–Kier alpha value is -1.22. The predicted octanol–water partition coefficient (Wildman–Crippen LogP) is 2.96. The lowest BCUT2D eigenvalue weighted by Gasteiger charge is -2.44. The van der Waals surface area contributed by atoms with Crippen molar-refractivity contribution >= 4 is 29.2 Å². The van der Waals surface area contributed by atoms with E-state index in [1.54, 1.807) is 0 Å². The molecule has 0 aromatic heterocycles. The van der Waals surface area contributed by atoms with Crippen LogP contribution in [-0.2, 0) is 19.8 Å². The van der Waals surface area contributed by atoms with Crippen LogP contribution in [0.15, 0.2) is 12.1 Å². The van der Waals surface area contributed by atoms with E-state index in [2.05, 4.69) is 4.74 Å². The summed E-state index contributed by atoms with van der Waals surface area (Å²) >= 11 is 11.5. The fraction of sp³-hybridized carbons (Fsp3) is 0.500. The van der Waals surface area contributed by atoms with Crippen LogP contribution in [0.5, 0.6) is 5.75 Å². The molecule has 1 aromatic carbocycles. The van der Waals surface area contributed by atoms with Gasteiger partial charge in [-0.2, -0.15) is 13.2 Å². The number of morpholine rings is 1. The second-order valence-corrected chi connectivity index (χ2v) is 5.90. The minimum atomic E-state index is -5.03. The highest BCUT2D eigenvalue weighted by atomic mass is 35.5. The van der Waals surface area contributed by atoms with Crippen molar-refractivity contribution in [2.75, 3.05) is 33.4 Å². The standard InChI is InChI=1S/C14H14Cl2F3NO4/c1-23-12(22)13(14(17,18)19,20-2-4-24-5-3-20)8-6-9(15)11(21)10(16)7-8/h6-7,21H,2-5H2,1H3/t13-/m0/s1. The van der Waals surface area contributed by atoms with Gasteiger partial charge in [-0.05, 0) is 17.7 Å². The summed E-state index contributed by atoms with van der Waals surface area (Å²) in [6.07, 6.45) is -5.03. The topological polar surface area (TPSA) is 59.0 Å². The minimum Gasteiger partial charge on any atom is -0.505 e. The Kier molecular flexibility index (Phi) is 5.54. The monoisotopic (exact) mass is 387 g/mol. The van der Waals surface area contributed by atoms with Crippen LogP contribution < -0.4 is 0 Å². The number of benzene rings is 1. The molecule has 1 heterocycles. The number of carbonyl (C=O) groups excluding carboxylic acids is 1. The van der Waals surface area contributed by atoms with Gasteiger partial charge in [-0.1, -0.05) is 23.2 Å². The summed E-state index contributed by atoms with van der Waals surface area (Å²) in [6.45, 7) is -0.252. The maximum atomic E-state index is 14.1. The quantitative estimate of drug-likeness (QED) is 0.808. The first-order valence-corrected chi connectivity index (χ1v) is 7.58. The highest BCUT2D eigenvalue weighted by Crippen LogP contribution is 2.48. The number of hydrogen-bond donors (Lipinski definition) is 1. The lowest BCUT2D eigenvalue weighted by atomic mass is 9.86. The van der Waals surface area contributed by atoms with Crippen LogP contribution in [0.1, 0.15) is 5.56 Å². The molecule has 0 aliphatic carbocycles. The van der Waals surface area contributed by atoms with Gasteiger partial charge in [-0.25, -0.2) is 4.79 Å². The van der Waals surface area contributed by atoms with E-state index in [0.29, 0.717) is 0 Å². The van der Waals surface area contributed by atoms with Gasteiger partial charge in [-0.3, -0.25) is 4.90 Å². The number of aromatic hydroxyl groups is 1. The van der Waals surface area contributed by atoms with Gasteiger partial charge < -0.3 is 14.6 Å². The summed E-state index contributed by atoms with van der Waals surface area (Å²) < 4.78 is 51.9. The average molecular weight is 388 g/mol. The summed E-state index contributed by atoms with van der Waals surface area (Å²) in [5, 5.41) is 8.81.